The van der Waals surface area contributed by atoms with Crippen LogP contribution < -0.4 is 5.32 Å². The van der Waals surface area contributed by atoms with Gasteiger partial charge in [0.25, 0.3) is 0 Å². The van der Waals surface area contributed by atoms with Crippen LogP contribution in [-0.4, -0.2) is 59.0 Å². The zero-order valence-electron chi connectivity index (χ0n) is 16.9. The largest absolute Gasteiger partial charge is 0.478 e. The molecule has 7 heteroatoms. The summed E-state index contributed by atoms with van der Waals surface area (Å²) in [6.07, 6.45) is 5.82. The zero-order chi connectivity index (χ0) is 20.9. The molecule has 0 aliphatic carbocycles. The summed E-state index contributed by atoms with van der Waals surface area (Å²) in [6.45, 7) is 9.29. The van der Waals surface area contributed by atoms with Crippen LogP contribution in [0.3, 0.4) is 0 Å². The lowest BCUT2D eigenvalue weighted by atomic mass is 10.0. The fraction of sp³-hybridized carbons (Fsp3) is 0.524. The van der Waals surface area contributed by atoms with Crippen molar-refractivity contribution in [2.24, 2.45) is 5.92 Å². The Morgan fingerprint density at radius 2 is 1.68 bits per heavy atom. The lowest BCUT2D eigenvalue weighted by Gasteiger charge is -2.35. The number of nitrogens with zero attached hydrogens (tertiary/aromatic N) is 1. The number of benzene rings is 1. The number of thioether (sulfide) groups is 1. The Balaban J connectivity index is 0.000000416. The van der Waals surface area contributed by atoms with Crippen LogP contribution in [0.5, 0.6) is 0 Å². The van der Waals surface area contributed by atoms with Crippen molar-refractivity contribution in [1.29, 1.82) is 0 Å². The van der Waals surface area contributed by atoms with Crippen LogP contribution >= 0.6 is 11.8 Å². The van der Waals surface area contributed by atoms with Crippen LogP contribution in [0, 0.1) is 5.92 Å². The quantitative estimate of drug-likeness (QED) is 0.449. The number of nitrogens with one attached hydrogen (secondary N) is 1. The summed E-state index contributed by atoms with van der Waals surface area (Å²) in [5, 5.41) is 19.1. The van der Waals surface area contributed by atoms with Crippen molar-refractivity contribution in [2.75, 3.05) is 25.9 Å². The van der Waals surface area contributed by atoms with Gasteiger partial charge in [0.1, 0.15) is 0 Å². The molecule has 1 heterocycles. The Morgan fingerprint density at radius 1 is 1.14 bits per heavy atom. The lowest BCUT2D eigenvalue weighted by Crippen LogP contribution is -2.44. The molecule has 3 N–H and O–H groups in total. The van der Waals surface area contributed by atoms with Gasteiger partial charge in [-0.25, -0.2) is 9.59 Å². The maximum absolute atomic E-state index is 9.55. The molecule has 1 aliphatic rings. The summed E-state index contributed by atoms with van der Waals surface area (Å²) < 4.78 is 0. The van der Waals surface area contributed by atoms with Crippen LogP contribution in [0.15, 0.2) is 41.3 Å². The van der Waals surface area contributed by atoms with Crippen molar-refractivity contribution in [3.8, 4) is 0 Å². The molecule has 1 aliphatic heterocycles. The van der Waals surface area contributed by atoms with Gasteiger partial charge in [0.2, 0.25) is 0 Å². The highest BCUT2D eigenvalue weighted by Crippen LogP contribution is 2.20. The van der Waals surface area contributed by atoms with Gasteiger partial charge in [0.05, 0.1) is 0 Å². The van der Waals surface area contributed by atoms with E-state index in [1.807, 2.05) is 11.8 Å². The average Bonchev–Trinajstić information content (AvgIpc) is 2.67. The second kappa shape index (κ2) is 13.4. The maximum atomic E-state index is 9.55. The van der Waals surface area contributed by atoms with E-state index < -0.39 is 11.9 Å². The normalized spacial score (nSPS) is 14.9. The standard InChI is InChI=1S/C17H28N2S.C4H4O4/c1-14(2)12-19(16-8-10-18-11-9-16)13-15-4-6-17(20-3)7-5-15;5-3(6)1-2-4(7)8/h4-7,14,16,18H,8-13H2,1-3H3;1-2H,(H,5,6)(H,7,8)/b;2-1+. The predicted molar refractivity (Wildman–Crippen MR) is 114 cm³/mol. The number of hydrogen-bond acceptors (Lipinski definition) is 5. The number of aliphatic carboxylic acids is 2. The molecule has 156 valence electrons. The molecular formula is C21H32N2O4S. The molecule has 0 atom stereocenters. The Hall–Kier alpha value is -1.83. The Morgan fingerprint density at radius 3 is 2.11 bits per heavy atom. The van der Waals surface area contributed by atoms with Crippen molar-refractivity contribution in [1.82, 2.24) is 10.2 Å². The highest BCUT2D eigenvalue weighted by molar-refractivity contribution is 7.98. The number of carboxylic acids is 2. The first-order valence-corrected chi connectivity index (χ1v) is 10.8. The van der Waals surface area contributed by atoms with Crippen molar-refractivity contribution < 1.29 is 19.8 Å². The topological polar surface area (TPSA) is 89.9 Å². The number of piperidine rings is 1. The van der Waals surface area contributed by atoms with E-state index in [9.17, 15) is 9.59 Å². The molecule has 1 aromatic rings. The third kappa shape index (κ3) is 10.5. The minimum absolute atomic E-state index is 0.558. The van der Waals surface area contributed by atoms with E-state index in [4.69, 9.17) is 10.2 Å². The first-order chi connectivity index (χ1) is 13.3. The predicted octanol–water partition coefficient (Wildman–Crippen LogP) is 3.33. The lowest BCUT2D eigenvalue weighted by molar-refractivity contribution is -0.134. The molecular weight excluding hydrogens is 376 g/mol. The van der Waals surface area contributed by atoms with E-state index >= 15 is 0 Å². The van der Waals surface area contributed by atoms with E-state index in [1.165, 1.54) is 42.9 Å². The van der Waals surface area contributed by atoms with E-state index in [1.54, 1.807) is 0 Å². The molecule has 0 radical (unpaired) electrons. The summed E-state index contributed by atoms with van der Waals surface area (Å²) in [4.78, 5) is 23.2. The Labute approximate surface area is 172 Å². The summed E-state index contributed by atoms with van der Waals surface area (Å²) in [6, 6.07) is 9.82. The minimum Gasteiger partial charge on any atom is -0.478 e. The molecule has 0 amide bonds. The van der Waals surface area contributed by atoms with Crippen LogP contribution in [0.4, 0.5) is 0 Å². The average molecular weight is 409 g/mol. The van der Waals surface area contributed by atoms with Crippen LogP contribution in [-0.2, 0) is 16.1 Å². The Kier molecular flexibility index (Phi) is 11.6. The van der Waals surface area contributed by atoms with Crippen LogP contribution in [0.25, 0.3) is 0 Å². The molecule has 1 fully saturated rings. The van der Waals surface area contributed by atoms with Crippen LogP contribution in [0.2, 0.25) is 0 Å². The molecule has 0 saturated carbocycles. The third-order valence-electron chi connectivity index (χ3n) is 4.34. The Bertz CT molecular complexity index is 610. The van der Waals surface area contributed by atoms with E-state index in [0.29, 0.717) is 12.2 Å². The smallest absolute Gasteiger partial charge is 0.328 e. The fourth-order valence-corrected chi connectivity index (χ4v) is 3.50. The molecule has 0 bridgehead atoms. The minimum atomic E-state index is -1.26. The molecule has 0 spiro atoms. The second-order valence-corrected chi connectivity index (χ2v) is 8.04. The molecule has 0 aromatic heterocycles. The van der Waals surface area contributed by atoms with Gasteiger partial charge < -0.3 is 15.5 Å². The summed E-state index contributed by atoms with van der Waals surface area (Å²) in [5.74, 6) is -1.78. The molecule has 0 unspecified atom stereocenters. The van der Waals surface area contributed by atoms with Gasteiger partial charge in [-0.3, -0.25) is 4.90 Å². The van der Waals surface area contributed by atoms with Gasteiger partial charge in [0, 0.05) is 36.2 Å². The van der Waals surface area contributed by atoms with E-state index in [0.717, 1.165) is 18.5 Å². The van der Waals surface area contributed by atoms with E-state index in [2.05, 4.69) is 54.6 Å². The van der Waals surface area contributed by atoms with Crippen molar-refractivity contribution in [3.05, 3.63) is 42.0 Å². The van der Waals surface area contributed by atoms with E-state index in [-0.39, 0.29) is 0 Å². The molecule has 6 nitrogen and oxygen atoms in total. The van der Waals surface area contributed by atoms with Gasteiger partial charge in [-0.1, -0.05) is 26.0 Å². The summed E-state index contributed by atoms with van der Waals surface area (Å²) in [5.41, 5.74) is 1.45. The van der Waals surface area contributed by atoms with Gasteiger partial charge >= 0.3 is 11.9 Å². The highest BCUT2D eigenvalue weighted by atomic mass is 32.2. The zero-order valence-corrected chi connectivity index (χ0v) is 17.7. The van der Waals surface area contributed by atoms with Crippen molar-refractivity contribution in [3.63, 3.8) is 0 Å². The molecule has 1 aromatic carbocycles. The number of rotatable bonds is 8. The first kappa shape index (κ1) is 24.2. The van der Waals surface area contributed by atoms with Gasteiger partial charge in [0.15, 0.2) is 0 Å². The second-order valence-electron chi connectivity index (χ2n) is 7.16. The highest BCUT2D eigenvalue weighted by Gasteiger charge is 2.21. The summed E-state index contributed by atoms with van der Waals surface area (Å²) in [7, 11) is 0. The monoisotopic (exact) mass is 408 g/mol. The number of carboxylic acid groups (broad SMARTS) is 2. The molecule has 2 rings (SSSR count). The third-order valence-corrected chi connectivity index (χ3v) is 5.08. The van der Waals surface area contributed by atoms with Gasteiger partial charge in [-0.05, 0) is 55.8 Å². The molecule has 1 saturated heterocycles. The van der Waals surface area contributed by atoms with Crippen molar-refractivity contribution in [2.45, 2.75) is 44.2 Å². The number of hydrogen-bond donors (Lipinski definition) is 3. The van der Waals surface area contributed by atoms with Crippen LogP contribution in [0.1, 0.15) is 32.3 Å². The van der Waals surface area contributed by atoms with Gasteiger partial charge in [-0.15, -0.1) is 11.8 Å². The molecule has 28 heavy (non-hydrogen) atoms. The first-order valence-electron chi connectivity index (χ1n) is 9.53. The van der Waals surface area contributed by atoms with Crippen molar-refractivity contribution >= 4 is 23.7 Å². The van der Waals surface area contributed by atoms with Gasteiger partial charge in [-0.2, -0.15) is 0 Å². The number of carbonyl (C=O) groups is 2. The SMILES string of the molecule is CSc1ccc(CN(CC(C)C)C2CCNCC2)cc1.O=C(O)/C=C/C(=O)O. The maximum Gasteiger partial charge on any atom is 0.328 e. The summed E-state index contributed by atoms with van der Waals surface area (Å²) >= 11 is 1.81. The fourth-order valence-electron chi connectivity index (χ4n) is 3.09.